The Morgan fingerprint density at radius 2 is 1.88 bits per heavy atom. The van der Waals surface area contributed by atoms with Crippen molar-refractivity contribution in [3.63, 3.8) is 0 Å². The lowest BCUT2D eigenvalue weighted by Gasteiger charge is -2.14. The van der Waals surface area contributed by atoms with E-state index < -0.39 is 0 Å². The van der Waals surface area contributed by atoms with Crippen LogP contribution in [-0.4, -0.2) is 25.2 Å². The van der Waals surface area contributed by atoms with E-state index in [0.717, 1.165) is 16.1 Å². The SMILES string of the molecule is COc1cccc(OC)c1CNC(=N)Nc1nc(-c2cc(C)cs2)cs1. The van der Waals surface area contributed by atoms with Crippen LogP contribution in [-0.2, 0) is 6.54 Å². The number of ether oxygens (including phenoxy) is 2. The summed E-state index contributed by atoms with van der Waals surface area (Å²) in [5.41, 5.74) is 3.01. The molecular weight excluding hydrogens is 368 g/mol. The molecule has 0 unspecified atom stereocenters. The van der Waals surface area contributed by atoms with Gasteiger partial charge in [-0.2, -0.15) is 0 Å². The normalized spacial score (nSPS) is 10.4. The highest BCUT2D eigenvalue weighted by molar-refractivity contribution is 7.16. The summed E-state index contributed by atoms with van der Waals surface area (Å²) in [6.45, 7) is 2.47. The zero-order chi connectivity index (χ0) is 18.5. The third kappa shape index (κ3) is 4.14. The number of rotatable bonds is 6. The van der Waals surface area contributed by atoms with Gasteiger partial charge in [0.25, 0.3) is 0 Å². The van der Waals surface area contributed by atoms with Gasteiger partial charge in [-0.1, -0.05) is 6.07 Å². The van der Waals surface area contributed by atoms with Crippen LogP contribution in [0.4, 0.5) is 5.13 Å². The Bertz CT molecular complexity index is 882. The van der Waals surface area contributed by atoms with Crippen LogP contribution in [0.5, 0.6) is 11.5 Å². The predicted octanol–water partition coefficient (Wildman–Crippen LogP) is 4.33. The van der Waals surface area contributed by atoms with Gasteiger partial charge in [0.2, 0.25) is 0 Å². The molecule has 0 atom stereocenters. The van der Waals surface area contributed by atoms with E-state index in [1.165, 1.54) is 16.9 Å². The summed E-state index contributed by atoms with van der Waals surface area (Å²) in [6.07, 6.45) is 0. The second-order valence-corrected chi connectivity index (χ2v) is 7.29. The first-order valence-corrected chi connectivity index (χ1v) is 9.67. The number of thiophene rings is 1. The lowest BCUT2D eigenvalue weighted by Crippen LogP contribution is -2.29. The molecule has 0 saturated carbocycles. The number of thiazole rings is 1. The average molecular weight is 389 g/mol. The maximum Gasteiger partial charge on any atom is 0.195 e. The van der Waals surface area contributed by atoms with Gasteiger partial charge in [-0.25, -0.2) is 4.98 Å². The monoisotopic (exact) mass is 388 g/mol. The lowest BCUT2D eigenvalue weighted by molar-refractivity contribution is 0.384. The molecule has 0 bridgehead atoms. The van der Waals surface area contributed by atoms with E-state index in [4.69, 9.17) is 14.9 Å². The Hall–Kier alpha value is -2.58. The molecule has 0 amide bonds. The average Bonchev–Trinajstić information content (AvgIpc) is 3.28. The molecule has 0 fully saturated rings. The van der Waals surface area contributed by atoms with Crippen molar-refractivity contribution < 1.29 is 9.47 Å². The van der Waals surface area contributed by atoms with Crippen LogP contribution in [0.2, 0.25) is 0 Å². The minimum absolute atomic E-state index is 0.168. The van der Waals surface area contributed by atoms with Gasteiger partial charge in [-0.15, -0.1) is 22.7 Å². The third-order valence-corrected chi connectivity index (χ3v) is 5.52. The van der Waals surface area contributed by atoms with E-state index in [9.17, 15) is 0 Å². The molecule has 0 spiro atoms. The van der Waals surface area contributed by atoms with Crippen LogP contribution in [0.3, 0.4) is 0 Å². The van der Waals surface area contributed by atoms with Gasteiger partial charge in [0.05, 0.1) is 36.9 Å². The first-order valence-electron chi connectivity index (χ1n) is 7.91. The number of benzene rings is 1. The van der Waals surface area contributed by atoms with Gasteiger partial charge >= 0.3 is 0 Å². The molecule has 0 radical (unpaired) electrons. The molecule has 136 valence electrons. The second-order valence-electron chi connectivity index (χ2n) is 5.52. The van der Waals surface area contributed by atoms with E-state index in [0.29, 0.717) is 23.2 Å². The van der Waals surface area contributed by atoms with Crippen molar-refractivity contribution in [2.75, 3.05) is 19.5 Å². The highest BCUT2D eigenvalue weighted by Gasteiger charge is 2.11. The zero-order valence-corrected chi connectivity index (χ0v) is 16.4. The highest BCUT2D eigenvalue weighted by Crippen LogP contribution is 2.30. The minimum atomic E-state index is 0.168. The van der Waals surface area contributed by atoms with E-state index in [2.05, 4.69) is 34.0 Å². The fourth-order valence-electron chi connectivity index (χ4n) is 2.44. The zero-order valence-electron chi connectivity index (χ0n) is 14.8. The van der Waals surface area contributed by atoms with E-state index >= 15 is 0 Å². The molecule has 6 nitrogen and oxygen atoms in total. The molecular formula is C18H20N4O2S2. The molecule has 8 heteroatoms. The molecule has 2 aromatic heterocycles. The molecule has 2 heterocycles. The maximum absolute atomic E-state index is 8.11. The van der Waals surface area contributed by atoms with Crippen molar-refractivity contribution in [2.24, 2.45) is 0 Å². The smallest absolute Gasteiger partial charge is 0.195 e. The van der Waals surface area contributed by atoms with Crippen LogP contribution >= 0.6 is 22.7 Å². The topological polar surface area (TPSA) is 79.3 Å². The Labute approximate surface area is 160 Å². The van der Waals surface area contributed by atoms with Crippen LogP contribution in [0.15, 0.2) is 35.0 Å². The van der Waals surface area contributed by atoms with Crippen LogP contribution in [0, 0.1) is 12.3 Å². The van der Waals surface area contributed by atoms with Crippen molar-refractivity contribution >= 4 is 33.8 Å². The Morgan fingerprint density at radius 1 is 1.15 bits per heavy atom. The number of aryl methyl sites for hydroxylation is 1. The number of hydrogen-bond acceptors (Lipinski definition) is 6. The fourth-order valence-corrected chi connectivity index (χ4v) is 4.09. The molecule has 0 aliphatic heterocycles. The molecule has 26 heavy (non-hydrogen) atoms. The van der Waals surface area contributed by atoms with Gasteiger partial charge in [-0.3, -0.25) is 5.41 Å². The second kappa shape index (κ2) is 8.20. The summed E-state index contributed by atoms with van der Waals surface area (Å²) < 4.78 is 10.7. The fraction of sp³-hybridized carbons (Fsp3) is 0.222. The summed E-state index contributed by atoms with van der Waals surface area (Å²) in [5.74, 6) is 1.60. The van der Waals surface area contributed by atoms with Crippen molar-refractivity contribution in [1.82, 2.24) is 10.3 Å². The van der Waals surface area contributed by atoms with Gasteiger partial charge < -0.3 is 20.1 Å². The van der Waals surface area contributed by atoms with E-state index in [1.54, 1.807) is 25.6 Å². The number of nitrogens with zero attached hydrogens (tertiary/aromatic N) is 1. The quantitative estimate of drug-likeness (QED) is 0.433. The molecule has 0 saturated heterocycles. The standard InChI is InChI=1S/C18H20N4O2S2/c1-11-7-16(25-9-11)13-10-26-18(21-13)22-17(19)20-8-12-14(23-2)5-4-6-15(12)24-3/h4-7,9-10H,8H2,1-3H3,(H3,19,20,21,22). The first kappa shape index (κ1) is 18.2. The number of hydrogen-bond donors (Lipinski definition) is 3. The maximum atomic E-state index is 8.11. The minimum Gasteiger partial charge on any atom is -0.496 e. The van der Waals surface area contributed by atoms with Crippen LogP contribution in [0.25, 0.3) is 10.6 Å². The molecule has 0 aliphatic carbocycles. The van der Waals surface area contributed by atoms with Gasteiger partial charge in [0.1, 0.15) is 11.5 Å². The van der Waals surface area contributed by atoms with Crippen molar-refractivity contribution in [3.8, 4) is 22.1 Å². The summed E-state index contributed by atoms with van der Waals surface area (Å²) >= 11 is 3.14. The first-order chi connectivity index (χ1) is 12.6. The van der Waals surface area contributed by atoms with Crippen molar-refractivity contribution in [1.29, 1.82) is 5.41 Å². The molecule has 1 aromatic carbocycles. The largest absolute Gasteiger partial charge is 0.496 e. The number of aromatic nitrogens is 1. The van der Waals surface area contributed by atoms with Crippen molar-refractivity contribution in [3.05, 3.63) is 46.2 Å². The molecule has 0 aliphatic rings. The third-order valence-electron chi connectivity index (χ3n) is 3.69. The summed E-state index contributed by atoms with van der Waals surface area (Å²) in [7, 11) is 3.23. The Morgan fingerprint density at radius 3 is 2.50 bits per heavy atom. The van der Waals surface area contributed by atoms with Crippen LogP contribution in [0.1, 0.15) is 11.1 Å². The number of guanidine groups is 1. The van der Waals surface area contributed by atoms with E-state index in [-0.39, 0.29) is 5.96 Å². The Kier molecular flexibility index (Phi) is 5.75. The van der Waals surface area contributed by atoms with Crippen LogP contribution < -0.4 is 20.1 Å². The molecule has 3 rings (SSSR count). The van der Waals surface area contributed by atoms with Gasteiger partial charge in [0.15, 0.2) is 11.1 Å². The molecule has 3 aromatic rings. The number of nitrogens with one attached hydrogen (secondary N) is 3. The molecule has 3 N–H and O–H groups in total. The van der Waals surface area contributed by atoms with Gasteiger partial charge in [-0.05, 0) is 36.1 Å². The predicted molar refractivity (Wildman–Crippen MR) is 108 cm³/mol. The summed E-state index contributed by atoms with van der Waals surface area (Å²) in [5, 5.41) is 18.9. The number of anilines is 1. The summed E-state index contributed by atoms with van der Waals surface area (Å²) in [4.78, 5) is 5.67. The lowest BCUT2D eigenvalue weighted by atomic mass is 10.1. The van der Waals surface area contributed by atoms with E-state index in [1.807, 2.05) is 23.6 Å². The number of methoxy groups -OCH3 is 2. The highest BCUT2D eigenvalue weighted by atomic mass is 32.1. The van der Waals surface area contributed by atoms with Crippen molar-refractivity contribution in [2.45, 2.75) is 13.5 Å². The summed E-state index contributed by atoms with van der Waals surface area (Å²) in [6, 6.07) is 7.72. The van der Waals surface area contributed by atoms with Gasteiger partial charge in [0, 0.05) is 5.38 Å². The Balaban J connectivity index is 1.63.